The van der Waals surface area contributed by atoms with Crippen LogP contribution in [0, 0.1) is 11.6 Å². The number of hydrogen-bond donors (Lipinski definition) is 2. The van der Waals surface area contributed by atoms with E-state index >= 15 is 0 Å². The number of aliphatic hydroxyl groups excluding tert-OH is 1. The van der Waals surface area contributed by atoms with E-state index in [-0.39, 0.29) is 29.0 Å². The van der Waals surface area contributed by atoms with E-state index in [9.17, 15) is 31.9 Å². The molecule has 164 valence electrons. The van der Waals surface area contributed by atoms with Crippen molar-refractivity contribution in [2.75, 3.05) is 5.32 Å². The van der Waals surface area contributed by atoms with Crippen molar-refractivity contribution < 1.29 is 31.9 Å². The number of halogens is 5. The van der Waals surface area contributed by atoms with Crippen LogP contribution in [0.15, 0.2) is 60.7 Å². The van der Waals surface area contributed by atoms with Crippen molar-refractivity contribution in [3.05, 3.63) is 89.2 Å². The third kappa shape index (κ3) is 4.04. The van der Waals surface area contributed by atoms with Gasteiger partial charge in [0.25, 0.3) is 5.91 Å². The van der Waals surface area contributed by atoms with Gasteiger partial charge in [0.2, 0.25) is 5.82 Å². The number of imidazole rings is 1. The van der Waals surface area contributed by atoms with Crippen LogP contribution in [0.25, 0.3) is 16.7 Å². The molecule has 0 unspecified atom stereocenters. The zero-order valence-electron chi connectivity index (χ0n) is 16.1. The molecule has 0 radical (unpaired) electrons. The number of aromatic nitrogens is 2. The van der Waals surface area contributed by atoms with E-state index in [0.717, 1.165) is 22.8 Å². The predicted molar refractivity (Wildman–Crippen MR) is 106 cm³/mol. The summed E-state index contributed by atoms with van der Waals surface area (Å²) in [6.45, 7) is -0.343. The number of anilines is 1. The number of alkyl halides is 3. The molecule has 4 aromatic rings. The number of rotatable bonds is 4. The SMILES string of the molecule is O=C(Nc1ccc(-n2c(C(F)(F)F)nc3cc(CO)ccc32)cc1)c1cc(F)ccc1F. The smallest absolute Gasteiger partial charge is 0.392 e. The Balaban J connectivity index is 1.70. The molecule has 3 aromatic carbocycles. The molecule has 0 aliphatic carbocycles. The number of benzene rings is 3. The fourth-order valence-corrected chi connectivity index (χ4v) is 3.24. The van der Waals surface area contributed by atoms with E-state index in [0.29, 0.717) is 5.56 Å². The second kappa shape index (κ2) is 8.04. The van der Waals surface area contributed by atoms with Crippen molar-refractivity contribution in [2.24, 2.45) is 0 Å². The van der Waals surface area contributed by atoms with Crippen molar-refractivity contribution in [1.29, 1.82) is 0 Å². The van der Waals surface area contributed by atoms with Crippen LogP contribution in [0.3, 0.4) is 0 Å². The summed E-state index contributed by atoms with van der Waals surface area (Å²) in [5.74, 6) is -3.76. The van der Waals surface area contributed by atoms with Crippen LogP contribution in [-0.4, -0.2) is 20.6 Å². The van der Waals surface area contributed by atoms with Gasteiger partial charge in [-0.25, -0.2) is 13.8 Å². The molecule has 0 spiro atoms. The quantitative estimate of drug-likeness (QED) is 0.430. The molecular weight excluding hydrogens is 433 g/mol. The van der Waals surface area contributed by atoms with E-state index in [1.54, 1.807) is 0 Å². The zero-order valence-corrected chi connectivity index (χ0v) is 16.1. The Morgan fingerprint density at radius 2 is 1.72 bits per heavy atom. The molecule has 0 aliphatic heterocycles. The first-order valence-electron chi connectivity index (χ1n) is 9.23. The number of nitrogens with one attached hydrogen (secondary N) is 1. The molecule has 0 aliphatic rings. The van der Waals surface area contributed by atoms with Crippen LogP contribution >= 0.6 is 0 Å². The molecule has 0 saturated heterocycles. The van der Waals surface area contributed by atoms with E-state index in [1.165, 1.54) is 42.5 Å². The van der Waals surface area contributed by atoms with Gasteiger partial charge in [0, 0.05) is 11.4 Å². The minimum absolute atomic E-state index is 0.0582. The molecule has 32 heavy (non-hydrogen) atoms. The highest BCUT2D eigenvalue weighted by molar-refractivity contribution is 6.04. The number of nitrogens with zero attached hydrogens (tertiary/aromatic N) is 2. The van der Waals surface area contributed by atoms with Gasteiger partial charge in [0.15, 0.2) is 0 Å². The van der Waals surface area contributed by atoms with Gasteiger partial charge in [-0.1, -0.05) is 6.07 Å². The summed E-state index contributed by atoms with van der Waals surface area (Å²) < 4.78 is 68.8. The van der Waals surface area contributed by atoms with Gasteiger partial charge in [-0.2, -0.15) is 13.2 Å². The zero-order chi connectivity index (χ0) is 23.0. The van der Waals surface area contributed by atoms with Crippen molar-refractivity contribution in [3.63, 3.8) is 0 Å². The molecule has 1 amide bonds. The fraction of sp³-hybridized carbons (Fsp3) is 0.0909. The third-order valence-electron chi connectivity index (χ3n) is 4.71. The van der Waals surface area contributed by atoms with Crippen LogP contribution in [0.5, 0.6) is 0 Å². The number of aliphatic hydroxyl groups is 1. The first kappa shape index (κ1) is 21.4. The second-order valence-electron chi connectivity index (χ2n) is 6.87. The van der Waals surface area contributed by atoms with Crippen molar-refractivity contribution in [1.82, 2.24) is 9.55 Å². The number of hydrogen-bond acceptors (Lipinski definition) is 3. The average molecular weight is 447 g/mol. The molecule has 0 atom stereocenters. The van der Waals surface area contributed by atoms with Gasteiger partial charge in [-0.3, -0.25) is 9.36 Å². The van der Waals surface area contributed by atoms with Crippen LogP contribution in [-0.2, 0) is 12.8 Å². The van der Waals surface area contributed by atoms with E-state index in [4.69, 9.17) is 0 Å². The highest BCUT2D eigenvalue weighted by Gasteiger charge is 2.38. The molecule has 5 nitrogen and oxygen atoms in total. The lowest BCUT2D eigenvalue weighted by molar-refractivity contribution is -0.145. The summed E-state index contributed by atoms with van der Waals surface area (Å²) in [7, 11) is 0. The Bertz CT molecular complexity index is 1310. The Labute approximate surface area is 177 Å². The molecule has 10 heteroatoms. The first-order valence-corrected chi connectivity index (χ1v) is 9.23. The largest absolute Gasteiger partial charge is 0.450 e. The van der Waals surface area contributed by atoms with Gasteiger partial charge >= 0.3 is 6.18 Å². The van der Waals surface area contributed by atoms with Crippen LogP contribution < -0.4 is 5.32 Å². The number of fused-ring (bicyclic) bond motifs is 1. The summed E-state index contributed by atoms with van der Waals surface area (Å²) >= 11 is 0. The summed E-state index contributed by atoms with van der Waals surface area (Å²) in [5, 5.41) is 11.6. The Hall–Kier alpha value is -3.79. The number of carbonyl (C=O) groups is 1. The van der Waals surface area contributed by atoms with Gasteiger partial charge in [-0.15, -0.1) is 0 Å². The van der Waals surface area contributed by atoms with Gasteiger partial charge in [0.05, 0.1) is 23.2 Å². The highest BCUT2D eigenvalue weighted by atomic mass is 19.4. The maximum atomic E-state index is 13.8. The minimum atomic E-state index is -4.75. The maximum Gasteiger partial charge on any atom is 0.450 e. The highest BCUT2D eigenvalue weighted by Crippen LogP contribution is 2.34. The lowest BCUT2D eigenvalue weighted by atomic mass is 10.2. The standard InChI is InChI=1S/C22H14F5N3O2/c23-13-2-7-17(24)16(10-13)20(32)28-14-3-5-15(6-4-14)30-19-8-1-12(11-31)9-18(19)29-21(30)22(25,26)27/h1-10,31H,11H2,(H,28,32). The first-order chi connectivity index (χ1) is 15.2. The lowest BCUT2D eigenvalue weighted by Gasteiger charge is -2.13. The molecule has 1 aromatic heterocycles. The van der Waals surface area contributed by atoms with Crippen LogP contribution in [0.4, 0.5) is 27.6 Å². The minimum Gasteiger partial charge on any atom is -0.392 e. The summed E-state index contributed by atoms with van der Waals surface area (Å²) in [4.78, 5) is 15.9. The van der Waals surface area contributed by atoms with E-state index < -0.39 is 35.1 Å². The summed E-state index contributed by atoms with van der Waals surface area (Å²) in [6, 6.07) is 12.0. The third-order valence-corrected chi connectivity index (χ3v) is 4.71. The van der Waals surface area contributed by atoms with E-state index in [1.807, 2.05) is 0 Å². The fourth-order valence-electron chi connectivity index (χ4n) is 3.24. The summed E-state index contributed by atoms with van der Waals surface area (Å²) in [5.41, 5.74) is 0.428. The van der Waals surface area contributed by atoms with Crippen molar-refractivity contribution in [2.45, 2.75) is 12.8 Å². The molecule has 0 bridgehead atoms. The lowest BCUT2D eigenvalue weighted by Crippen LogP contribution is -2.15. The molecule has 1 heterocycles. The van der Waals surface area contributed by atoms with Crippen LogP contribution in [0.2, 0.25) is 0 Å². The Kier molecular flexibility index (Phi) is 5.39. The normalized spacial score (nSPS) is 11.7. The molecule has 2 N–H and O–H groups in total. The molecule has 4 rings (SSSR count). The average Bonchev–Trinajstić information content (AvgIpc) is 3.15. The number of carbonyl (C=O) groups excluding carboxylic acids is 1. The van der Waals surface area contributed by atoms with Gasteiger partial charge in [-0.05, 0) is 60.2 Å². The predicted octanol–water partition coefficient (Wildman–Crippen LogP) is 5.07. The van der Waals surface area contributed by atoms with Crippen molar-refractivity contribution >= 4 is 22.6 Å². The van der Waals surface area contributed by atoms with Gasteiger partial charge in [0.1, 0.15) is 11.6 Å². The Morgan fingerprint density at radius 1 is 1.00 bits per heavy atom. The van der Waals surface area contributed by atoms with Gasteiger partial charge < -0.3 is 10.4 Å². The molecule has 0 fully saturated rings. The molecular formula is C22H14F5N3O2. The summed E-state index contributed by atoms with van der Waals surface area (Å²) in [6.07, 6.45) is -4.75. The second-order valence-corrected chi connectivity index (χ2v) is 6.87. The molecule has 0 saturated carbocycles. The maximum absolute atomic E-state index is 13.8. The monoisotopic (exact) mass is 447 g/mol. The topological polar surface area (TPSA) is 67.2 Å². The number of amides is 1. The van der Waals surface area contributed by atoms with Crippen LogP contribution in [0.1, 0.15) is 21.7 Å². The van der Waals surface area contributed by atoms with Crippen molar-refractivity contribution in [3.8, 4) is 5.69 Å². The Morgan fingerprint density at radius 3 is 2.38 bits per heavy atom. The van der Waals surface area contributed by atoms with E-state index in [2.05, 4.69) is 10.3 Å².